The number of nitrogens with zero attached hydrogens (tertiary/aromatic N) is 4. The average Bonchev–Trinajstić information content (AvgIpc) is 2.84. The van der Waals surface area contributed by atoms with E-state index in [-0.39, 0.29) is 11.4 Å². The van der Waals surface area contributed by atoms with Crippen LogP contribution in [-0.2, 0) is 6.54 Å². The number of hydrogen-bond donors (Lipinski definition) is 2. The first kappa shape index (κ1) is 20.3. The van der Waals surface area contributed by atoms with E-state index in [1.54, 1.807) is 0 Å². The van der Waals surface area contributed by atoms with E-state index in [1.165, 1.54) is 0 Å². The molecule has 0 radical (unpaired) electrons. The van der Waals surface area contributed by atoms with Gasteiger partial charge in [-0.25, -0.2) is 0 Å². The highest BCUT2D eigenvalue weighted by atomic mass is 32.1. The van der Waals surface area contributed by atoms with E-state index in [0.717, 1.165) is 30.5 Å². The minimum absolute atomic E-state index is 0.126. The molecule has 0 aliphatic heterocycles. The van der Waals surface area contributed by atoms with Gasteiger partial charge in [0.15, 0.2) is 5.69 Å². The maximum absolute atomic E-state index is 10.7. The van der Waals surface area contributed by atoms with E-state index in [2.05, 4.69) is 34.3 Å². The molecule has 0 unspecified atom stereocenters. The van der Waals surface area contributed by atoms with E-state index in [9.17, 15) is 5.11 Å². The topological polar surface area (TPSA) is 65.1 Å². The second kappa shape index (κ2) is 8.60. The average molecular weight is 376 g/mol. The van der Waals surface area contributed by atoms with Crippen LogP contribution in [0.5, 0.6) is 5.88 Å². The molecule has 26 heavy (non-hydrogen) atoms. The largest absolute Gasteiger partial charge is 0.493 e. The van der Waals surface area contributed by atoms with Gasteiger partial charge in [-0.3, -0.25) is 0 Å². The van der Waals surface area contributed by atoms with E-state index in [4.69, 9.17) is 12.2 Å². The van der Waals surface area contributed by atoms with Crippen molar-refractivity contribution in [2.75, 3.05) is 19.6 Å². The van der Waals surface area contributed by atoms with Crippen LogP contribution in [0.25, 0.3) is 10.9 Å². The number of aromatic hydroxyl groups is 1. The van der Waals surface area contributed by atoms with Gasteiger partial charge in [0.1, 0.15) is 0 Å². The molecule has 0 fully saturated rings. The van der Waals surface area contributed by atoms with Gasteiger partial charge in [-0.1, -0.05) is 32.0 Å². The molecule has 2 aromatic rings. The summed E-state index contributed by atoms with van der Waals surface area (Å²) in [5.41, 5.74) is 1.22. The molecule has 1 heterocycles. The lowest BCUT2D eigenvalue weighted by Crippen LogP contribution is -2.38. The van der Waals surface area contributed by atoms with Crippen molar-refractivity contribution in [1.29, 1.82) is 0 Å². The number of thiocarbonyl (C=S) groups is 1. The number of aromatic nitrogens is 1. The maximum atomic E-state index is 10.7. The molecule has 0 amide bonds. The first-order valence-corrected chi connectivity index (χ1v) is 9.44. The van der Waals surface area contributed by atoms with Crippen LogP contribution < -0.4 is 5.32 Å². The van der Waals surface area contributed by atoms with Crippen LogP contribution in [0.4, 0.5) is 5.69 Å². The van der Waals surface area contributed by atoms with Crippen LogP contribution in [0, 0.1) is 0 Å². The molecule has 2 N–H and O–H groups in total. The Balaban J connectivity index is 2.32. The number of fused-ring (bicyclic) bond motifs is 1. The lowest BCUT2D eigenvalue weighted by molar-refractivity contribution is 0.285. The smallest absolute Gasteiger partial charge is 0.220 e. The van der Waals surface area contributed by atoms with E-state index in [1.807, 2.05) is 49.6 Å². The van der Waals surface area contributed by atoms with Crippen LogP contribution in [0.15, 0.2) is 34.5 Å². The zero-order valence-electron chi connectivity index (χ0n) is 16.3. The lowest BCUT2D eigenvalue weighted by Gasteiger charge is -2.19. The highest BCUT2D eigenvalue weighted by Crippen LogP contribution is 2.38. The van der Waals surface area contributed by atoms with Crippen LogP contribution in [0.1, 0.15) is 34.6 Å². The minimum Gasteiger partial charge on any atom is -0.493 e. The summed E-state index contributed by atoms with van der Waals surface area (Å²) in [6.45, 7) is 13.8. The fourth-order valence-corrected chi connectivity index (χ4v) is 3.17. The number of rotatable bonds is 6. The van der Waals surface area contributed by atoms with Gasteiger partial charge in [0.05, 0.1) is 5.52 Å². The third kappa shape index (κ3) is 5.02. The first-order chi connectivity index (χ1) is 12.3. The molecule has 2 rings (SSSR count). The van der Waals surface area contributed by atoms with Crippen molar-refractivity contribution < 1.29 is 5.11 Å². The van der Waals surface area contributed by atoms with Gasteiger partial charge < -0.3 is 19.9 Å². The number of hydrogen-bond acceptors (Lipinski definition) is 4. The predicted octanol–water partition coefficient (Wildman–Crippen LogP) is 4.45. The molecular formula is C19H29N5OS. The van der Waals surface area contributed by atoms with Gasteiger partial charge in [0.25, 0.3) is 0 Å². The Labute approximate surface area is 160 Å². The van der Waals surface area contributed by atoms with Crippen molar-refractivity contribution in [3.8, 4) is 5.88 Å². The normalized spacial score (nSPS) is 12.4. The van der Waals surface area contributed by atoms with Crippen molar-refractivity contribution in [3.05, 3.63) is 24.3 Å². The molecule has 142 valence electrons. The van der Waals surface area contributed by atoms with Gasteiger partial charge >= 0.3 is 0 Å². The van der Waals surface area contributed by atoms with Gasteiger partial charge in [-0.2, -0.15) is 0 Å². The summed E-state index contributed by atoms with van der Waals surface area (Å²) in [7, 11) is 0. The molecule has 0 aliphatic carbocycles. The Bertz CT molecular complexity index is 787. The standard InChI is InChI=1S/C19H29N5OS/c1-6-23(7-2)12-13-24-15-11-9-8-10-14(15)16(17(24)25)21-22-18(26)20-19(3,4)5/h8-11,25H,6-7,12-13H2,1-5H3,(H,20,26). The summed E-state index contributed by atoms with van der Waals surface area (Å²) in [4.78, 5) is 2.32. The maximum Gasteiger partial charge on any atom is 0.220 e. The van der Waals surface area contributed by atoms with Crippen molar-refractivity contribution in [1.82, 2.24) is 14.8 Å². The number of nitrogens with one attached hydrogen (secondary N) is 1. The summed E-state index contributed by atoms with van der Waals surface area (Å²) in [6, 6.07) is 7.82. The zero-order chi connectivity index (χ0) is 19.3. The van der Waals surface area contributed by atoms with Crippen molar-refractivity contribution in [3.63, 3.8) is 0 Å². The van der Waals surface area contributed by atoms with Crippen LogP contribution in [-0.4, -0.2) is 44.9 Å². The number of para-hydroxylation sites is 1. The molecule has 1 aromatic heterocycles. The predicted molar refractivity (Wildman–Crippen MR) is 111 cm³/mol. The zero-order valence-corrected chi connectivity index (χ0v) is 17.1. The second-order valence-corrected chi connectivity index (χ2v) is 7.63. The van der Waals surface area contributed by atoms with Gasteiger partial charge in [-0.05, 0) is 52.1 Å². The Kier molecular flexibility index (Phi) is 6.72. The molecule has 0 bridgehead atoms. The Hall–Kier alpha value is -1.99. The summed E-state index contributed by atoms with van der Waals surface area (Å²) in [5.74, 6) is 0.126. The Morgan fingerprint density at radius 3 is 2.50 bits per heavy atom. The van der Waals surface area contributed by atoms with Crippen LogP contribution >= 0.6 is 12.2 Å². The summed E-state index contributed by atoms with van der Waals surface area (Å²) < 4.78 is 1.89. The van der Waals surface area contributed by atoms with Crippen molar-refractivity contribution in [2.45, 2.75) is 46.7 Å². The fourth-order valence-electron chi connectivity index (χ4n) is 2.82. The number of benzene rings is 1. The quantitative estimate of drug-likeness (QED) is 0.578. The molecule has 0 aliphatic rings. The summed E-state index contributed by atoms with van der Waals surface area (Å²) >= 11 is 5.22. The Morgan fingerprint density at radius 1 is 1.23 bits per heavy atom. The molecule has 0 saturated heterocycles. The van der Waals surface area contributed by atoms with E-state index >= 15 is 0 Å². The molecule has 7 heteroatoms. The van der Waals surface area contributed by atoms with Gasteiger partial charge in [-0.15, -0.1) is 10.2 Å². The highest BCUT2D eigenvalue weighted by Gasteiger charge is 2.17. The molecule has 6 nitrogen and oxygen atoms in total. The van der Waals surface area contributed by atoms with Crippen LogP contribution in [0.2, 0.25) is 0 Å². The van der Waals surface area contributed by atoms with Gasteiger partial charge in [0, 0.05) is 24.0 Å². The van der Waals surface area contributed by atoms with E-state index in [0.29, 0.717) is 17.3 Å². The monoisotopic (exact) mass is 375 g/mol. The van der Waals surface area contributed by atoms with Crippen LogP contribution in [0.3, 0.4) is 0 Å². The minimum atomic E-state index is -0.185. The number of azo groups is 1. The molecule has 1 aromatic carbocycles. The molecule has 0 saturated carbocycles. The highest BCUT2D eigenvalue weighted by molar-refractivity contribution is 7.80. The van der Waals surface area contributed by atoms with Crippen molar-refractivity contribution in [2.24, 2.45) is 10.2 Å². The Morgan fingerprint density at radius 2 is 1.88 bits per heavy atom. The summed E-state index contributed by atoms with van der Waals surface area (Å²) in [5, 5.41) is 23.3. The molecular weight excluding hydrogens is 346 g/mol. The molecule has 0 atom stereocenters. The molecule has 0 spiro atoms. The fraction of sp³-hybridized carbons (Fsp3) is 0.526. The summed E-state index contributed by atoms with van der Waals surface area (Å²) in [6.07, 6.45) is 0. The SMILES string of the molecule is CCN(CC)CCn1c(O)c(N=NC(=S)NC(C)(C)C)c2ccccc21. The number of likely N-dealkylation sites (N-methyl/N-ethyl adjacent to an activating group) is 1. The third-order valence-corrected chi connectivity index (χ3v) is 4.36. The third-order valence-electron chi connectivity index (χ3n) is 4.17. The van der Waals surface area contributed by atoms with Gasteiger partial charge in [0.2, 0.25) is 11.0 Å². The second-order valence-electron chi connectivity index (χ2n) is 7.25. The van der Waals surface area contributed by atoms with E-state index < -0.39 is 0 Å². The lowest BCUT2D eigenvalue weighted by atomic mass is 10.1. The first-order valence-electron chi connectivity index (χ1n) is 9.03. The van der Waals surface area contributed by atoms with Crippen molar-refractivity contribution >= 4 is 33.9 Å².